The molecule has 0 spiro atoms. The summed E-state index contributed by atoms with van der Waals surface area (Å²) in [6, 6.07) is 10.7. The van der Waals surface area contributed by atoms with Crippen LogP contribution in [0.25, 0.3) is 5.76 Å². The van der Waals surface area contributed by atoms with Gasteiger partial charge in [0.1, 0.15) is 17.9 Å². The molecule has 1 aromatic rings. The van der Waals surface area contributed by atoms with Crippen LogP contribution in [0, 0.1) is 22.7 Å². The second-order valence-corrected chi connectivity index (χ2v) is 3.09. The van der Waals surface area contributed by atoms with Crippen molar-refractivity contribution in [1.29, 1.82) is 10.5 Å². The zero-order valence-electron chi connectivity index (χ0n) is 9.73. The lowest BCUT2D eigenvalue weighted by atomic mass is 10.1. The monoisotopic (exact) mass is 228 g/mol. The van der Waals surface area contributed by atoms with E-state index in [1.54, 1.807) is 38.3 Å². The molecule has 0 aliphatic rings. The Bertz CT molecular complexity index is 474. The van der Waals surface area contributed by atoms with Crippen LogP contribution < -0.4 is 4.74 Å². The van der Waals surface area contributed by atoms with Gasteiger partial charge in [-0.2, -0.15) is 10.5 Å². The Morgan fingerprint density at radius 2 is 1.76 bits per heavy atom. The van der Waals surface area contributed by atoms with Crippen molar-refractivity contribution in [2.24, 2.45) is 0 Å². The Balaban J connectivity index is 3.20. The minimum Gasteiger partial charge on any atom is -0.497 e. The van der Waals surface area contributed by atoms with Crippen LogP contribution >= 0.6 is 0 Å². The second-order valence-electron chi connectivity index (χ2n) is 3.09. The lowest BCUT2D eigenvalue weighted by Gasteiger charge is -2.09. The number of nitrogens with zero attached hydrogens (tertiary/aromatic N) is 2. The molecule has 0 radical (unpaired) electrons. The number of benzene rings is 1. The standard InChI is InChI=1S/C13H12N2O2/c1-3-17-13(11(8-14)9-15)10-4-6-12(16-2)7-5-10/h4-7H,3H2,1-2H3. The number of methoxy groups -OCH3 is 1. The van der Waals surface area contributed by atoms with Crippen molar-refractivity contribution in [2.75, 3.05) is 13.7 Å². The van der Waals surface area contributed by atoms with Gasteiger partial charge in [0.05, 0.1) is 13.7 Å². The van der Waals surface area contributed by atoms with E-state index in [2.05, 4.69) is 0 Å². The predicted octanol–water partition coefficient (Wildman–Crippen LogP) is 2.49. The van der Waals surface area contributed by atoms with Crippen LogP contribution in [0.5, 0.6) is 5.75 Å². The Morgan fingerprint density at radius 3 is 2.18 bits per heavy atom. The lowest BCUT2D eigenvalue weighted by molar-refractivity contribution is 0.297. The summed E-state index contributed by atoms with van der Waals surface area (Å²) < 4.78 is 10.4. The minimum absolute atomic E-state index is 0.0305. The van der Waals surface area contributed by atoms with Gasteiger partial charge >= 0.3 is 0 Å². The van der Waals surface area contributed by atoms with Crippen LogP contribution in [-0.2, 0) is 4.74 Å². The minimum atomic E-state index is -0.0305. The van der Waals surface area contributed by atoms with Gasteiger partial charge in [0, 0.05) is 5.56 Å². The van der Waals surface area contributed by atoms with Crippen molar-refractivity contribution >= 4 is 5.76 Å². The van der Waals surface area contributed by atoms with Gasteiger partial charge < -0.3 is 9.47 Å². The highest BCUT2D eigenvalue weighted by Gasteiger charge is 2.10. The van der Waals surface area contributed by atoms with Crippen molar-refractivity contribution in [1.82, 2.24) is 0 Å². The van der Waals surface area contributed by atoms with Gasteiger partial charge in [-0.25, -0.2) is 0 Å². The highest BCUT2D eigenvalue weighted by molar-refractivity contribution is 5.70. The number of rotatable bonds is 4. The number of hydrogen-bond acceptors (Lipinski definition) is 4. The molecule has 0 unspecified atom stereocenters. The average Bonchev–Trinajstić information content (AvgIpc) is 2.39. The Kier molecular flexibility index (Phi) is 4.59. The van der Waals surface area contributed by atoms with Gasteiger partial charge in [0.25, 0.3) is 0 Å². The molecule has 0 aromatic heterocycles. The summed E-state index contributed by atoms with van der Waals surface area (Å²) in [5.74, 6) is 1.01. The molecule has 1 rings (SSSR count). The predicted molar refractivity (Wildman–Crippen MR) is 62.8 cm³/mol. The van der Waals surface area contributed by atoms with Crippen molar-refractivity contribution < 1.29 is 9.47 Å². The third-order valence-corrected chi connectivity index (χ3v) is 2.09. The van der Waals surface area contributed by atoms with E-state index in [4.69, 9.17) is 20.0 Å². The summed E-state index contributed by atoms with van der Waals surface area (Å²) in [6.45, 7) is 2.20. The molecule has 4 heteroatoms. The van der Waals surface area contributed by atoms with Gasteiger partial charge in [-0.3, -0.25) is 0 Å². The first-order chi connectivity index (χ1) is 8.26. The molecule has 0 atom stereocenters. The van der Waals surface area contributed by atoms with E-state index in [0.717, 1.165) is 0 Å². The van der Waals surface area contributed by atoms with E-state index in [-0.39, 0.29) is 5.57 Å². The number of hydrogen-bond donors (Lipinski definition) is 0. The largest absolute Gasteiger partial charge is 0.497 e. The van der Waals surface area contributed by atoms with Crippen LogP contribution in [0.4, 0.5) is 0 Å². The lowest BCUT2D eigenvalue weighted by Crippen LogP contribution is -1.95. The van der Waals surface area contributed by atoms with E-state index in [1.807, 2.05) is 12.1 Å². The first-order valence-corrected chi connectivity index (χ1v) is 5.08. The fourth-order valence-electron chi connectivity index (χ4n) is 1.31. The number of ether oxygens (including phenoxy) is 2. The number of nitriles is 2. The molecule has 1 aromatic carbocycles. The topological polar surface area (TPSA) is 66.0 Å². The summed E-state index contributed by atoms with van der Waals surface area (Å²) in [7, 11) is 1.57. The SMILES string of the molecule is CCOC(=C(C#N)C#N)c1ccc(OC)cc1. The van der Waals surface area contributed by atoms with Crippen LogP contribution in [0.1, 0.15) is 12.5 Å². The zero-order valence-corrected chi connectivity index (χ0v) is 9.73. The van der Waals surface area contributed by atoms with Crippen molar-refractivity contribution in [3.8, 4) is 17.9 Å². The van der Waals surface area contributed by atoms with Crippen molar-refractivity contribution in [3.63, 3.8) is 0 Å². The first kappa shape index (κ1) is 12.6. The van der Waals surface area contributed by atoms with Crippen LogP contribution in [0.3, 0.4) is 0 Å². The van der Waals surface area contributed by atoms with E-state index in [1.165, 1.54) is 0 Å². The van der Waals surface area contributed by atoms with Crippen LogP contribution in [-0.4, -0.2) is 13.7 Å². The van der Waals surface area contributed by atoms with E-state index >= 15 is 0 Å². The fraction of sp³-hybridized carbons (Fsp3) is 0.231. The van der Waals surface area contributed by atoms with E-state index in [9.17, 15) is 0 Å². The normalized spacial score (nSPS) is 8.71. The van der Waals surface area contributed by atoms with Crippen LogP contribution in [0.2, 0.25) is 0 Å². The molecule has 17 heavy (non-hydrogen) atoms. The zero-order chi connectivity index (χ0) is 12.7. The second kappa shape index (κ2) is 6.19. The molecular weight excluding hydrogens is 216 g/mol. The third-order valence-electron chi connectivity index (χ3n) is 2.09. The van der Waals surface area contributed by atoms with Gasteiger partial charge in [0.15, 0.2) is 11.3 Å². The number of allylic oxidation sites excluding steroid dienone is 1. The molecular formula is C13H12N2O2. The molecule has 4 nitrogen and oxygen atoms in total. The van der Waals surface area contributed by atoms with Crippen molar-refractivity contribution in [3.05, 3.63) is 35.4 Å². The summed E-state index contributed by atoms with van der Waals surface area (Å²) in [5, 5.41) is 17.7. The highest BCUT2D eigenvalue weighted by Crippen LogP contribution is 2.22. The molecule has 0 saturated heterocycles. The molecule has 0 aliphatic carbocycles. The van der Waals surface area contributed by atoms with Gasteiger partial charge in [0.2, 0.25) is 0 Å². The van der Waals surface area contributed by atoms with Crippen molar-refractivity contribution in [2.45, 2.75) is 6.92 Å². The maximum absolute atomic E-state index is 8.85. The average molecular weight is 228 g/mol. The summed E-state index contributed by atoms with van der Waals surface area (Å²) in [4.78, 5) is 0. The summed E-state index contributed by atoms with van der Waals surface area (Å²) >= 11 is 0. The molecule has 0 amide bonds. The Hall–Kier alpha value is -2.46. The Labute approximate surface area is 100 Å². The van der Waals surface area contributed by atoms with E-state index < -0.39 is 0 Å². The molecule has 0 N–H and O–H groups in total. The maximum atomic E-state index is 8.85. The fourth-order valence-corrected chi connectivity index (χ4v) is 1.31. The molecule has 86 valence electrons. The Morgan fingerprint density at radius 1 is 1.18 bits per heavy atom. The summed E-state index contributed by atoms with van der Waals surface area (Å²) in [6.07, 6.45) is 0. The molecule has 0 aliphatic heterocycles. The maximum Gasteiger partial charge on any atom is 0.172 e. The van der Waals surface area contributed by atoms with Gasteiger partial charge in [-0.15, -0.1) is 0 Å². The third kappa shape index (κ3) is 2.99. The first-order valence-electron chi connectivity index (χ1n) is 5.08. The van der Waals surface area contributed by atoms with Gasteiger partial charge in [-0.1, -0.05) is 0 Å². The smallest absolute Gasteiger partial charge is 0.172 e. The highest BCUT2D eigenvalue weighted by atomic mass is 16.5. The van der Waals surface area contributed by atoms with Crippen LogP contribution in [0.15, 0.2) is 29.8 Å². The summed E-state index contributed by atoms with van der Waals surface area (Å²) in [5.41, 5.74) is 0.655. The molecule has 0 bridgehead atoms. The molecule has 0 fully saturated rings. The molecule has 0 heterocycles. The molecule has 0 saturated carbocycles. The quantitative estimate of drug-likeness (QED) is 0.586. The van der Waals surface area contributed by atoms with E-state index in [0.29, 0.717) is 23.7 Å². The van der Waals surface area contributed by atoms with Gasteiger partial charge in [-0.05, 0) is 31.2 Å².